The molecule has 1 aromatic carbocycles. The molecule has 0 fully saturated rings. The van der Waals surface area contributed by atoms with Crippen molar-refractivity contribution >= 4 is 16.8 Å². The van der Waals surface area contributed by atoms with Crippen LogP contribution in [0, 0.1) is 0 Å². The van der Waals surface area contributed by atoms with Gasteiger partial charge in [-0.05, 0) is 38.2 Å². The van der Waals surface area contributed by atoms with Crippen molar-refractivity contribution in [1.29, 1.82) is 0 Å². The van der Waals surface area contributed by atoms with Crippen molar-refractivity contribution in [2.75, 3.05) is 26.2 Å². The van der Waals surface area contributed by atoms with E-state index in [0.717, 1.165) is 31.4 Å². The number of H-pyrrole nitrogens is 1. The molecule has 2 aromatic rings. The van der Waals surface area contributed by atoms with Crippen molar-refractivity contribution in [3.8, 4) is 5.75 Å². The minimum Gasteiger partial charge on any atom is -0.506 e. The van der Waals surface area contributed by atoms with Gasteiger partial charge in [0, 0.05) is 11.9 Å². The van der Waals surface area contributed by atoms with Crippen LogP contribution >= 0.6 is 0 Å². The monoisotopic (exact) mass is 289 g/mol. The fourth-order valence-corrected chi connectivity index (χ4v) is 2.40. The van der Waals surface area contributed by atoms with E-state index in [1.165, 1.54) is 0 Å². The molecule has 5 heteroatoms. The average molecular weight is 289 g/mol. The molecule has 0 atom stereocenters. The van der Waals surface area contributed by atoms with Gasteiger partial charge in [0.1, 0.15) is 11.4 Å². The van der Waals surface area contributed by atoms with E-state index >= 15 is 0 Å². The molecule has 1 aromatic heterocycles. The molecule has 0 radical (unpaired) electrons. The van der Waals surface area contributed by atoms with E-state index in [9.17, 15) is 9.90 Å². The molecule has 21 heavy (non-hydrogen) atoms. The van der Waals surface area contributed by atoms with Crippen LogP contribution in [0.15, 0.2) is 24.3 Å². The number of hydrogen-bond donors (Lipinski definition) is 3. The fourth-order valence-electron chi connectivity index (χ4n) is 2.40. The first-order valence-electron chi connectivity index (χ1n) is 7.47. The molecule has 1 amide bonds. The van der Waals surface area contributed by atoms with Crippen LogP contribution in [-0.4, -0.2) is 47.1 Å². The second-order valence-corrected chi connectivity index (χ2v) is 5.06. The van der Waals surface area contributed by atoms with Crippen LogP contribution in [0.1, 0.15) is 30.8 Å². The van der Waals surface area contributed by atoms with Gasteiger partial charge in [0.2, 0.25) is 0 Å². The summed E-state index contributed by atoms with van der Waals surface area (Å²) in [4.78, 5) is 17.4. The molecule has 0 saturated heterocycles. The van der Waals surface area contributed by atoms with Crippen molar-refractivity contribution in [2.45, 2.75) is 20.3 Å². The third-order valence-corrected chi connectivity index (χ3v) is 3.71. The zero-order valence-electron chi connectivity index (χ0n) is 12.6. The number of nitrogens with one attached hydrogen (secondary N) is 2. The molecule has 3 N–H and O–H groups in total. The normalized spacial score (nSPS) is 11.2. The van der Waals surface area contributed by atoms with Gasteiger partial charge < -0.3 is 20.3 Å². The van der Waals surface area contributed by atoms with Crippen molar-refractivity contribution in [2.24, 2.45) is 0 Å². The number of rotatable bonds is 7. The molecule has 0 aliphatic rings. The molecule has 114 valence electrons. The summed E-state index contributed by atoms with van der Waals surface area (Å²) in [5, 5.41) is 13.5. The highest BCUT2D eigenvalue weighted by atomic mass is 16.3. The van der Waals surface area contributed by atoms with Gasteiger partial charge in [-0.3, -0.25) is 4.79 Å². The first-order chi connectivity index (χ1) is 10.2. The maximum atomic E-state index is 12.1. The second kappa shape index (κ2) is 7.13. The zero-order valence-corrected chi connectivity index (χ0v) is 12.6. The van der Waals surface area contributed by atoms with Crippen LogP contribution in [0.5, 0.6) is 5.75 Å². The Balaban J connectivity index is 1.89. The summed E-state index contributed by atoms with van der Waals surface area (Å²) in [6.07, 6.45) is 0.929. The van der Waals surface area contributed by atoms with E-state index < -0.39 is 0 Å². The first-order valence-corrected chi connectivity index (χ1v) is 7.47. The number of nitrogens with zero attached hydrogens (tertiary/aromatic N) is 1. The van der Waals surface area contributed by atoms with Crippen molar-refractivity contribution in [3.63, 3.8) is 0 Å². The van der Waals surface area contributed by atoms with Crippen LogP contribution in [0.3, 0.4) is 0 Å². The van der Waals surface area contributed by atoms with E-state index in [2.05, 4.69) is 29.0 Å². The van der Waals surface area contributed by atoms with Gasteiger partial charge in [0.25, 0.3) is 5.91 Å². The van der Waals surface area contributed by atoms with Crippen LogP contribution in [0.4, 0.5) is 0 Å². The van der Waals surface area contributed by atoms with Crippen molar-refractivity contribution < 1.29 is 9.90 Å². The summed E-state index contributed by atoms with van der Waals surface area (Å²) in [5.41, 5.74) is 1.08. The molecule has 1 heterocycles. The number of carbonyl (C=O) groups excluding carboxylic acids is 1. The van der Waals surface area contributed by atoms with E-state index in [4.69, 9.17) is 0 Å². The Kier molecular flexibility index (Phi) is 5.22. The minimum absolute atomic E-state index is 0.134. The lowest BCUT2D eigenvalue weighted by molar-refractivity contribution is 0.0947. The Labute approximate surface area is 125 Å². The Morgan fingerprint density at radius 1 is 1.33 bits per heavy atom. The van der Waals surface area contributed by atoms with Crippen LogP contribution in [0.25, 0.3) is 10.9 Å². The van der Waals surface area contributed by atoms with Gasteiger partial charge in [-0.15, -0.1) is 0 Å². The number of fused-ring (bicyclic) bond motifs is 1. The second-order valence-electron chi connectivity index (χ2n) is 5.06. The lowest BCUT2D eigenvalue weighted by Gasteiger charge is -2.17. The third-order valence-electron chi connectivity index (χ3n) is 3.71. The molecule has 0 bridgehead atoms. The number of aromatic amines is 1. The molecule has 2 rings (SSSR count). The summed E-state index contributed by atoms with van der Waals surface area (Å²) >= 11 is 0. The topological polar surface area (TPSA) is 68.4 Å². The van der Waals surface area contributed by atoms with Crippen molar-refractivity contribution in [3.05, 3.63) is 30.0 Å². The molecular formula is C16H23N3O2. The molecule has 0 spiro atoms. The largest absolute Gasteiger partial charge is 0.506 e. The van der Waals surface area contributed by atoms with Crippen LogP contribution < -0.4 is 5.32 Å². The smallest absolute Gasteiger partial charge is 0.267 e. The lowest BCUT2D eigenvalue weighted by atomic mass is 10.2. The Bertz CT molecular complexity index is 603. The van der Waals surface area contributed by atoms with E-state index in [0.29, 0.717) is 17.8 Å². The van der Waals surface area contributed by atoms with Gasteiger partial charge in [0.15, 0.2) is 0 Å². The number of hydrogen-bond acceptors (Lipinski definition) is 3. The molecule has 0 saturated carbocycles. The number of aromatic nitrogens is 1. The number of phenols is 1. The summed E-state index contributed by atoms with van der Waals surface area (Å²) in [7, 11) is 0. The number of carbonyl (C=O) groups is 1. The Hall–Kier alpha value is -2.01. The van der Waals surface area contributed by atoms with Gasteiger partial charge in [0.05, 0.1) is 5.52 Å². The number of phenolic OH excluding ortho intramolecular Hbond substituents is 1. The summed E-state index contributed by atoms with van der Waals surface area (Å²) in [6, 6.07) is 6.99. The third kappa shape index (κ3) is 3.76. The van der Waals surface area contributed by atoms with Crippen LogP contribution in [-0.2, 0) is 0 Å². The highest BCUT2D eigenvalue weighted by molar-refractivity contribution is 5.99. The van der Waals surface area contributed by atoms with Gasteiger partial charge in [-0.25, -0.2) is 0 Å². The first kappa shape index (κ1) is 15.4. The maximum absolute atomic E-state index is 12.1. The SMILES string of the molecule is CCN(CC)CCCNC(=O)c1cc2cccc(O)c2[nH]1. The molecular weight excluding hydrogens is 266 g/mol. The number of para-hydroxylation sites is 1. The quantitative estimate of drug-likeness (QED) is 0.685. The molecule has 0 aliphatic heterocycles. The number of amides is 1. The highest BCUT2D eigenvalue weighted by Gasteiger charge is 2.10. The summed E-state index contributed by atoms with van der Waals surface area (Å²) in [5.74, 6) is 0.0261. The highest BCUT2D eigenvalue weighted by Crippen LogP contribution is 2.24. The average Bonchev–Trinajstić information content (AvgIpc) is 2.93. The zero-order chi connectivity index (χ0) is 15.2. The fraction of sp³-hybridized carbons (Fsp3) is 0.438. The molecule has 0 unspecified atom stereocenters. The Morgan fingerprint density at radius 3 is 2.76 bits per heavy atom. The number of aromatic hydroxyl groups is 1. The van der Waals surface area contributed by atoms with E-state index in [-0.39, 0.29) is 11.7 Å². The van der Waals surface area contributed by atoms with E-state index in [1.54, 1.807) is 18.2 Å². The van der Waals surface area contributed by atoms with Crippen LogP contribution in [0.2, 0.25) is 0 Å². The summed E-state index contributed by atoms with van der Waals surface area (Å²) in [6.45, 7) is 7.98. The standard InChI is InChI=1S/C16H23N3O2/c1-3-19(4-2)10-6-9-17-16(21)13-11-12-7-5-8-14(20)15(12)18-13/h5,7-8,11,18,20H,3-4,6,9-10H2,1-2H3,(H,17,21). The number of benzene rings is 1. The van der Waals surface area contributed by atoms with Crippen molar-refractivity contribution in [1.82, 2.24) is 15.2 Å². The predicted octanol–water partition coefficient (Wildman–Crippen LogP) is 2.34. The Morgan fingerprint density at radius 2 is 2.10 bits per heavy atom. The predicted molar refractivity (Wildman–Crippen MR) is 84.7 cm³/mol. The molecule has 0 aliphatic carbocycles. The van der Waals surface area contributed by atoms with Gasteiger partial charge >= 0.3 is 0 Å². The maximum Gasteiger partial charge on any atom is 0.267 e. The van der Waals surface area contributed by atoms with Gasteiger partial charge in [-0.2, -0.15) is 0 Å². The minimum atomic E-state index is -0.134. The molecule has 5 nitrogen and oxygen atoms in total. The summed E-state index contributed by atoms with van der Waals surface area (Å²) < 4.78 is 0. The van der Waals surface area contributed by atoms with Gasteiger partial charge in [-0.1, -0.05) is 26.0 Å². The van der Waals surface area contributed by atoms with E-state index in [1.807, 2.05) is 6.07 Å². The lowest BCUT2D eigenvalue weighted by Crippen LogP contribution is -2.30.